The number of halogens is 2. The van der Waals surface area contributed by atoms with Gasteiger partial charge in [0.2, 0.25) is 5.88 Å². The number of fused-ring (bicyclic) bond motifs is 1. The number of ether oxygens (including phenoxy) is 2. The van der Waals surface area contributed by atoms with Gasteiger partial charge in [0.05, 0.1) is 12.0 Å². The van der Waals surface area contributed by atoms with Crippen molar-refractivity contribution in [3.8, 4) is 5.88 Å². The number of rotatable bonds is 6. The molecular formula is C15H16ClFN2O2. The Morgan fingerprint density at radius 1 is 1.29 bits per heavy atom. The lowest BCUT2D eigenvalue weighted by atomic mass is 10.1. The second kappa shape index (κ2) is 5.73. The molecule has 3 rings (SSSR count). The van der Waals surface area contributed by atoms with E-state index in [1.807, 2.05) is 6.92 Å². The lowest BCUT2D eigenvalue weighted by Gasteiger charge is -2.12. The Hall–Kier alpha value is -1.46. The SMILES string of the molecule is CCOCc1cnc(OCC2(F)CC2)c2cnc(Cl)cc12. The highest BCUT2D eigenvalue weighted by Crippen LogP contribution is 2.40. The lowest BCUT2D eigenvalue weighted by molar-refractivity contribution is 0.134. The average Bonchev–Trinajstić information content (AvgIpc) is 3.21. The molecule has 0 spiro atoms. The third-order valence-electron chi connectivity index (χ3n) is 3.51. The Kier molecular flexibility index (Phi) is 3.95. The molecule has 0 bridgehead atoms. The van der Waals surface area contributed by atoms with Gasteiger partial charge >= 0.3 is 0 Å². The first-order chi connectivity index (χ1) is 10.1. The molecule has 1 aliphatic rings. The molecule has 0 aromatic carbocycles. The molecular weight excluding hydrogens is 295 g/mol. The van der Waals surface area contributed by atoms with Crippen molar-refractivity contribution < 1.29 is 13.9 Å². The van der Waals surface area contributed by atoms with Gasteiger partial charge < -0.3 is 9.47 Å². The zero-order valence-electron chi connectivity index (χ0n) is 11.7. The quantitative estimate of drug-likeness (QED) is 0.763. The zero-order valence-corrected chi connectivity index (χ0v) is 12.5. The molecule has 1 fully saturated rings. The predicted octanol–water partition coefficient (Wildman–Crippen LogP) is 3.70. The molecule has 2 aromatic rings. The van der Waals surface area contributed by atoms with Gasteiger partial charge in [-0.3, -0.25) is 0 Å². The van der Waals surface area contributed by atoms with Crippen LogP contribution in [0.1, 0.15) is 25.3 Å². The maximum absolute atomic E-state index is 13.7. The molecule has 6 heteroatoms. The molecule has 0 atom stereocenters. The van der Waals surface area contributed by atoms with Crippen molar-refractivity contribution in [1.82, 2.24) is 9.97 Å². The van der Waals surface area contributed by atoms with Gasteiger partial charge in [0.25, 0.3) is 0 Å². The van der Waals surface area contributed by atoms with Crippen LogP contribution in [0.2, 0.25) is 5.15 Å². The monoisotopic (exact) mass is 310 g/mol. The maximum Gasteiger partial charge on any atom is 0.223 e. The van der Waals surface area contributed by atoms with Crippen molar-refractivity contribution in [2.45, 2.75) is 32.0 Å². The number of nitrogens with zero attached hydrogens (tertiary/aromatic N) is 2. The number of aromatic nitrogens is 2. The summed E-state index contributed by atoms with van der Waals surface area (Å²) in [4.78, 5) is 8.33. The third-order valence-corrected chi connectivity index (χ3v) is 3.71. The fraction of sp³-hybridized carbons (Fsp3) is 0.467. The molecule has 2 aromatic heterocycles. The summed E-state index contributed by atoms with van der Waals surface area (Å²) >= 11 is 5.96. The molecule has 4 nitrogen and oxygen atoms in total. The number of hydrogen-bond acceptors (Lipinski definition) is 4. The first-order valence-electron chi connectivity index (χ1n) is 6.94. The Bertz CT molecular complexity index is 661. The van der Waals surface area contributed by atoms with Crippen molar-refractivity contribution in [1.29, 1.82) is 0 Å². The summed E-state index contributed by atoms with van der Waals surface area (Å²) in [6.07, 6.45) is 4.39. The smallest absolute Gasteiger partial charge is 0.223 e. The number of hydrogen-bond donors (Lipinski definition) is 0. The van der Waals surface area contributed by atoms with Crippen LogP contribution in [0.5, 0.6) is 5.88 Å². The van der Waals surface area contributed by atoms with Gasteiger partial charge in [0.1, 0.15) is 17.4 Å². The van der Waals surface area contributed by atoms with E-state index in [9.17, 15) is 4.39 Å². The first kappa shape index (κ1) is 14.5. The lowest BCUT2D eigenvalue weighted by Crippen LogP contribution is -2.14. The molecule has 1 aliphatic carbocycles. The molecule has 0 unspecified atom stereocenters. The topological polar surface area (TPSA) is 44.2 Å². The van der Waals surface area contributed by atoms with Gasteiger partial charge in [-0.05, 0) is 31.2 Å². The largest absolute Gasteiger partial charge is 0.474 e. The number of alkyl halides is 1. The predicted molar refractivity (Wildman–Crippen MR) is 78.4 cm³/mol. The molecule has 0 amide bonds. The molecule has 0 radical (unpaired) electrons. The summed E-state index contributed by atoms with van der Waals surface area (Å²) in [6, 6.07) is 1.75. The normalized spacial score (nSPS) is 16.1. The van der Waals surface area contributed by atoms with Gasteiger partial charge in [0.15, 0.2) is 0 Å². The van der Waals surface area contributed by atoms with E-state index in [0.717, 1.165) is 16.3 Å². The van der Waals surface area contributed by atoms with Gasteiger partial charge in [0, 0.05) is 24.6 Å². The highest BCUT2D eigenvalue weighted by molar-refractivity contribution is 6.30. The van der Waals surface area contributed by atoms with Crippen molar-refractivity contribution in [3.05, 3.63) is 29.2 Å². The van der Waals surface area contributed by atoms with Crippen LogP contribution in [-0.4, -0.2) is 28.9 Å². The average molecular weight is 311 g/mol. The van der Waals surface area contributed by atoms with Crippen LogP contribution in [0.4, 0.5) is 4.39 Å². The standard InChI is InChI=1S/C15H16ClFN2O2/c1-2-20-8-10-6-19-14(21-9-15(17)3-4-15)12-7-18-13(16)5-11(10)12/h5-7H,2-4,8-9H2,1H3. The Morgan fingerprint density at radius 2 is 2.10 bits per heavy atom. The number of pyridine rings is 2. The molecule has 112 valence electrons. The van der Waals surface area contributed by atoms with E-state index in [2.05, 4.69) is 9.97 Å². The van der Waals surface area contributed by atoms with Crippen molar-refractivity contribution in [2.24, 2.45) is 0 Å². The van der Waals surface area contributed by atoms with Crippen LogP contribution in [0.25, 0.3) is 10.8 Å². The molecule has 0 N–H and O–H groups in total. The second-order valence-electron chi connectivity index (χ2n) is 5.22. The Morgan fingerprint density at radius 3 is 2.81 bits per heavy atom. The molecule has 0 aliphatic heterocycles. The van der Waals surface area contributed by atoms with Crippen LogP contribution in [0, 0.1) is 0 Å². The second-order valence-corrected chi connectivity index (χ2v) is 5.61. The minimum Gasteiger partial charge on any atom is -0.474 e. The first-order valence-corrected chi connectivity index (χ1v) is 7.32. The van der Waals surface area contributed by atoms with Gasteiger partial charge in [-0.2, -0.15) is 0 Å². The fourth-order valence-electron chi connectivity index (χ4n) is 2.06. The van der Waals surface area contributed by atoms with E-state index in [0.29, 0.717) is 37.1 Å². The molecule has 0 saturated heterocycles. The van der Waals surface area contributed by atoms with Crippen LogP contribution >= 0.6 is 11.6 Å². The Balaban J connectivity index is 1.93. The van der Waals surface area contributed by atoms with E-state index >= 15 is 0 Å². The van der Waals surface area contributed by atoms with E-state index in [1.165, 1.54) is 0 Å². The minimum absolute atomic E-state index is 0.0303. The highest BCUT2D eigenvalue weighted by atomic mass is 35.5. The summed E-state index contributed by atoms with van der Waals surface area (Å²) < 4.78 is 24.6. The summed E-state index contributed by atoms with van der Waals surface area (Å²) in [5.41, 5.74) is -0.275. The highest BCUT2D eigenvalue weighted by Gasteiger charge is 2.44. The Labute approximate surface area is 127 Å². The van der Waals surface area contributed by atoms with Crippen molar-refractivity contribution in [2.75, 3.05) is 13.2 Å². The summed E-state index contributed by atoms with van der Waals surface area (Å²) in [5, 5.41) is 1.99. The molecule has 21 heavy (non-hydrogen) atoms. The van der Waals surface area contributed by atoms with Crippen LogP contribution in [0.15, 0.2) is 18.5 Å². The van der Waals surface area contributed by atoms with Crippen molar-refractivity contribution in [3.63, 3.8) is 0 Å². The minimum atomic E-state index is -1.18. The summed E-state index contributed by atoms with van der Waals surface area (Å²) in [5.74, 6) is 0.387. The summed E-state index contributed by atoms with van der Waals surface area (Å²) in [6.45, 7) is 3.01. The van der Waals surface area contributed by atoms with Crippen LogP contribution in [0.3, 0.4) is 0 Å². The summed E-state index contributed by atoms with van der Waals surface area (Å²) in [7, 11) is 0. The molecule has 1 saturated carbocycles. The fourth-order valence-corrected chi connectivity index (χ4v) is 2.22. The maximum atomic E-state index is 13.7. The van der Waals surface area contributed by atoms with Crippen LogP contribution in [-0.2, 0) is 11.3 Å². The molecule has 2 heterocycles. The van der Waals surface area contributed by atoms with Gasteiger partial charge in [-0.25, -0.2) is 14.4 Å². The van der Waals surface area contributed by atoms with Gasteiger partial charge in [-0.15, -0.1) is 0 Å². The van der Waals surface area contributed by atoms with E-state index in [1.54, 1.807) is 18.5 Å². The van der Waals surface area contributed by atoms with E-state index in [-0.39, 0.29) is 6.61 Å². The van der Waals surface area contributed by atoms with Crippen molar-refractivity contribution >= 4 is 22.4 Å². The van der Waals surface area contributed by atoms with Crippen LogP contribution < -0.4 is 4.74 Å². The van der Waals surface area contributed by atoms with E-state index < -0.39 is 5.67 Å². The zero-order chi connectivity index (χ0) is 14.9. The van der Waals surface area contributed by atoms with Gasteiger partial charge in [-0.1, -0.05) is 11.6 Å². The third kappa shape index (κ3) is 3.24. The van der Waals surface area contributed by atoms with E-state index in [4.69, 9.17) is 21.1 Å².